The van der Waals surface area contributed by atoms with Crippen molar-refractivity contribution in [1.82, 2.24) is 15.4 Å². The van der Waals surface area contributed by atoms with Gasteiger partial charge in [0.25, 0.3) is 5.91 Å². The van der Waals surface area contributed by atoms with Crippen LogP contribution >= 0.6 is 12.4 Å². The van der Waals surface area contributed by atoms with Gasteiger partial charge in [0.2, 0.25) is 0 Å². The van der Waals surface area contributed by atoms with Gasteiger partial charge in [0.1, 0.15) is 5.76 Å². The van der Waals surface area contributed by atoms with Gasteiger partial charge in [-0.1, -0.05) is 5.16 Å². The molecule has 3 heterocycles. The van der Waals surface area contributed by atoms with Crippen molar-refractivity contribution in [2.24, 2.45) is 0 Å². The van der Waals surface area contributed by atoms with Crippen LogP contribution < -0.4 is 5.32 Å². The molecule has 100 valence electrons. The van der Waals surface area contributed by atoms with Crippen molar-refractivity contribution in [2.75, 3.05) is 13.1 Å². The molecular formula is C12H18ClN3O2. The van der Waals surface area contributed by atoms with Gasteiger partial charge in [-0.15, -0.1) is 12.4 Å². The van der Waals surface area contributed by atoms with E-state index in [2.05, 4.69) is 10.5 Å². The molecule has 3 rings (SSSR count). The zero-order valence-corrected chi connectivity index (χ0v) is 11.2. The fourth-order valence-corrected chi connectivity index (χ4v) is 2.91. The van der Waals surface area contributed by atoms with Crippen LogP contribution in [0, 0.1) is 6.92 Å². The smallest absolute Gasteiger partial charge is 0.276 e. The monoisotopic (exact) mass is 271 g/mol. The van der Waals surface area contributed by atoms with E-state index in [1.165, 1.54) is 0 Å². The molecule has 18 heavy (non-hydrogen) atoms. The van der Waals surface area contributed by atoms with Crippen LogP contribution in [0.1, 0.15) is 35.5 Å². The first-order valence-electron chi connectivity index (χ1n) is 6.22. The van der Waals surface area contributed by atoms with E-state index in [0.717, 1.165) is 32.4 Å². The maximum absolute atomic E-state index is 12.4. The van der Waals surface area contributed by atoms with Crippen LogP contribution in [0.4, 0.5) is 0 Å². The molecule has 5 nitrogen and oxygen atoms in total. The molecule has 2 fully saturated rings. The number of aromatic nitrogens is 1. The van der Waals surface area contributed by atoms with E-state index in [0.29, 0.717) is 23.5 Å². The first-order chi connectivity index (χ1) is 8.25. The number of hydrogen-bond donors (Lipinski definition) is 1. The van der Waals surface area contributed by atoms with Gasteiger partial charge in [0.05, 0.1) is 0 Å². The summed E-state index contributed by atoms with van der Waals surface area (Å²) in [6.45, 7) is 3.71. The molecule has 0 aromatic carbocycles. The number of hydrogen-bond acceptors (Lipinski definition) is 4. The molecule has 0 radical (unpaired) electrons. The number of carbonyl (C=O) groups excluding carboxylic acids is 1. The molecule has 2 atom stereocenters. The highest BCUT2D eigenvalue weighted by molar-refractivity contribution is 5.93. The molecule has 6 heteroatoms. The van der Waals surface area contributed by atoms with Crippen molar-refractivity contribution < 1.29 is 9.32 Å². The SMILES string of the molecule is Cc1cc(C(=O)N2C3CCNCC2CC3)no1.Cl. The van der Waals surface area contributed by atoms with Gasteiger partial charge in [-0.25, -0.2) is 0 Å². The van der Waals surface area contributed by atoms with Crippen molar-refractivity contribution in [3.8, 4) is 0 Å². The first-order valence-corrected chi connectivity index (χ1v) is 6.22. The molecule has 2 aliphatic heterocycles. The van der Waals surface area contributed by atoms with Gasteiger partial charge >= 0.3 is 0 Å². The number of nitrogens with zero attached hydrogens (tertiary/aromatic N) is 2. The number of amides is 1. The van der Waals surface area contributed by atoms with Crippen molar-refractivity contribution in [3.05, 3.63) is 17.5 Å². The minimum absolute atomic E-state index is 0. The molecule has 1 amide bonds. The van der Waals surface area contributed by atoms with Crippen LogP contribution in [-0.2, 0) is 0 Å². The Morgan fingerprint density at radius 1 is 1.44 bits per heavy atom. The summed E-state index contributed by atoms with van der Waals surface area (Å²) >= 11 is 0. The second-order valence-electron chi connectivity index (χ2n) is 4.91. The summed E-state index contributed by atoms with van der Waals surface area (Å²) in [5.74, 6) is 0.715. The van der Waals surface area contributed by atoms with Crippen LogP contribution in [0.2, 0.25) is 0 Å². The minimum atomic E-state index is 0. The predicted molar refractivity (Wildman–Crippen MR) is 69.0 cm³/mol. The summed E-state index contributed by atoms with van der Waals surface area (Å²) in [5.41, 5.74) is 0.446. The lowest BCUT2D eigenvalue weighted by atomic mass is 10.1. The van der Waals surface area contributed by atoms with Gasteiger partial charge in [0, 0.05) is 24.7 Å². The highest BCUT2D eigenvalue weighted by atomic mass is 35.5. The summed E-state index contributed by atoms with van der Waals surface area (Å²) in [4.78, 5) is 14.4. The lowest BCUT2D eigenvalue weighted by Crippen LogP contribution is -2.42. The molecule has 1 aromatic heterocycles. The van der Waals surface area contributed by atoms with Crippen molar-refractivity contribution in [2.45, 2.75) is 38.3 Å². The van der Waals surface area contributed by atoms with Crippen molar-refractivity contribution in [3.63, 3.8) is 0 Å². The van der Waals surface area contributed by atoms with Crippen LogP contribution in [0.5, 0.6) is 0 Å². The normalized spacial score (nSPS) is 26.6. The second-order valence-corrected chi connectivity index (χ2v) is 4.91. The number of aryl methyl sites for hydroxylation is 1. The maximum atomic E-state index is 12.4. The number of carbonyl (C=O) groups is 1. The predicted octanol–water partition coefficient (Wildman–Crippen LogP) is 1.37. The van der Waals surface area contributed by atoms with E-state index in [4.69, 9.17) is 4.52 Å². The van der Waals surface area contributed by atoms with Gasteiger partial charge in [0.15, 0.2) is 5.69 Å². The largest absolute Gasteiger partial charge is 0.361 e. The summed E-state index contributed by atoms with van der Waals surface area (Å²) in [6.07, 6.45) is 3.26. The van der Waals surface area contributed by atoms with Gasteiger partial charge in [-0.2, -0.15) is 0 Å². The summed E-state index contributed by atoms with van der Waals surface area (Å²) in [5, 5.41) is 7.21. The highest BCUT2D eigenvalue weighted by Gasteiger charge is 2.39. The van der Waals surface area contributed by atoms with Gasteiger partial charge in [-0.05, 0) is 32.7 Å². The van der Waals surface area contributed by atoms with E-state index >= 15 is 0 Å². The average Bonchev–Trinajstić information content (AvgIpc) is 2.81. The summed E-state index contributed by atoms with van der Waals surface area (Å²) in [6, 6.07) is 2.42. The topological polar surface area (TPSA) is 58.4 Å². The molecule has 2 aliphatic rings. The quantitative estimate of drug-likeness (QED) is 0.838. The second kappa shape index (κ2) is 5.28. The van der Waals surface area contributed by atoms with Gasteiger partial charge in [-0.3, -0.25) is 4.79 Å². The number of halogens is 1. The van der Waals surface area contributed by atoms with Crippen molar-refractivity contribution in [1.29, 1.82) is 0 Å². The Morgan fingerprint density at radius 3 is 2.94 bits per heavy atom. The summed E-state index contributed by atoms with van der Waals surface area (Å²) in [7, 11) is 0. The van der Waals surface area contributed by atoms with Crippen LogP contribution in [-0.4, -0.2) is 41.1 Å². The number of rotatable bonds is 1. The van der Waals surface area contributed by atoms with Crippen LogP contribution in [0.25, 0.3) is 0 Å². The third-order valence-electron chi connectivity index (χ3n) is 3.74. The molecule has 2 saturated heterocycles. The van der Waals surface area contributed by atoms with E-state index in [9.17, 15) is 4.79 Å². The molecule has 2 bridgehead atoms. The fourth-order valence-electron chi connectivity index (χ4n) is 2.91. The third-order valence-corrected chi connectivity index (χ3v) is 3.74. The molecule has 0 aliphatic carbocycles. The van der Waals surface area contributed by atoms with E-state index in [1.807, 2.05) is 11.8 Å². The lowest BCUT2D eigenvalue weighted by Gasteiger charge is -2.26. The number of fused-ring (bicyclic) bond motifs is 2. The lowest BCUT2D eigenvalue weighted by molar-refractivity contribution is 0.0669. The zero-order valence-electron chi connectivity index (χ0n) is 10.4. The first kappa shape index (κ1) is 13.4. The average molecular weight is 272 g/mol. The van der Waals surface area contributed by atoms with E-state index in [1.54, 1.807) is 6.07 Å². The van der Waals surface area contributed by atoms with E-state index < -0.39 is 0 Å². The van der Waals surface area contributed by atoms with E-state index in [-0.39, 0.29) is 18.3 Å². The fraction of sp³-hybridized carbons (Fsp3) is 0.667. The molecule has 1 N–H and O–H groups in total. The molecular weight excluding hydrogens is 254 g/mol. The Balaban J connectivity index is 0.00000120. The third kappa shape index (κ3) is 2.24. The van der Waals surface area contributed by atoms with Gasteiger partial charge < -0.3 is 14.7 Å². The van der Waals surface area contributed by atoms with Crippen LogP contribution in [0.3, 0.4) is 0 Å². The number of nitrogens with one attached hydrogen (secondary N) is 1. The maximum Gasteiger partial charge on any atom is 0.276 e. The Bertz CT molecular complexity index is 421. The minimum Gasteiger partial charge on any atom is -0.361 e. The molecule has 1 aromatic rings. The standard InChI is InChI=1S/C12H17N3O2.ClH/c1-8-6-11(14-17-8)12(16)15-9-2-3-10(15)7-13-5-4-9;/h6,9-10,13H,2-5,7H2,1H3;1H. The molecule has 2 unspecified atom stereocenters. The zero-order chi connectivity index (χ0) is 11.8. The Labute approximate surface area is 112 Å². The molecule has 0 saturated carbocycles. The Hall–Kier alpha value is -1.07. The van der Waals surface area contributed by atoms with Crippen LogP contribution in [0.15, 0.2) is 10.6 Å². The Morgan fingerprint density at radius 2 is 2.22 bits per heavy atom. The Kier molecular flexibility index (Phi) is 3.92. The molecule has 0 spiro atoms. The summed E-state index contributed by atoms with van der Waals surface area (Å²) < 4.78 is 4.99. The van der Waals surface area contributed by atoms with Crippen molar-refractivity contribution >= 4 is 18.3 Å². The highest BCUT2D eigenvalue weighted by Crippen LogP contribution is 2.29.